The molecule has 1 heterocycles. The number of alkyl carbamates (subject to hydrolysis) is 1. The van der Waals surface area contributed by atoms with Gasteiger partial charge in [0.2, 0.25) is 5.91 Å². The Kier molecular flexibility index (Phi) is 9.37. The lowest BCUT2D eigenvalue weighted by Crippen LogP contribution is -2.57. The Morgan fingerprint density at radius 3 is 1.98 bits per heavy atom. The minimum Gasteiger partial charge on any atom is -0.480 e. The standard InChI is InChI=1S/C25H26N4O5.C2HF3O2/c1-25(2,23(31)32)29-22(30)21(11-15-12-26-14-27-15)28-24(33)34-13-20-18-9-5-3-7-16(18)17-8-4-6-10-19(17)20;3-2(4,5)1(6)7/h3-10,12,14,20-21H,11,13H2,1-2H3,(H,26,27)(H,28,33)(H,29,30)(H,31,32);(H,6,7)/t21-;/m1./s1. The van der Waals surface area contributed by atoms with Crippen LogP contribution in [0.25, 0.3) is 11.1 Å². The highest BCUT2D eigenvalue weighted by molar-refractivity contribution is 5.91. The maximum Gasteiger partial charge on any atom is 0.490 e. The second-order valence-corrected chi connectivity index (χ2v) is 9.53. The van der Waals surface area contributed by atoms with Crippen LogP contribution in [0.2, 0.25) is 0 Å². The number of rotatable bonds is 8. The Balaban J connectivity index is 0.000000587. The van der Waals surface area contributed by atoms with Gasteiger partial charge < -0.3 is 30.6 Å². The summed E-state index contributed by atoms with van der Waals surface area (Å²) in [6.45, 7) is 2.83. The van der Waals surface area contributed by atoms with E-state index in [0.717, 1.165) is 22.3 Å². The largest absolute Gasteiger partial charge is 0.490 e. The van der Waals surface area contributed by atoms with Crippen LogP contribution in [0.5, 0.6) is 0 Å². The first kappa shape index (κ1) is 30.7. The summed E-state index contributed by atoms with van der Waals surface area (Å²) in [4.78, 5) is 52.7. The number of nitrogens with zero attached hydrogens (tertiary/aromatic N) is 1. The molecule has 0 unspecified atom stereocenters. The van der Waals surface area contributed by atoms with Crippen molar-refractivity contribution >= 4 is 23.9 Å². The van der Waals surface area contributed by atoms with Crippen LogP contribution >= 0.6 is 0 Å². The number of nitrogens with one attached hydrogen (secondary N) is 3. The summed E-state index contributed by atoms with van der Waals surface area (Å²) in [6.07, 6.45) is -2.78. The van der Waals surface area contributed by atoms with E-state index in [-0.39, 0.29) is 18.9 Å². The van der Waals surface area contributed by atoms with Crippen LogP contribution in [0, 0.1) is 0 Å². The van der Waals surface area contributed by atoms with Crippen LogP contribution in [0.4, 0.5) is 18.0 Å². The number of alkyl halides is 3. The molecule has 0 bridgehead atoms. The normalized spacial score (nSPS) is 13.1. The quantitative estimate of drug-likeness (QED) is 0.271. The molecule has 1 aromatic heterocycles. The number of amides is 2. The average molecular weight is 577 g/mol. The van der Waals surface area contributed by atoms with Gasteiger partial charge in [0.15, 0.2) is 0 Å². The number of aromatic nitrogens is 2. The molecule has 1 aliphatic carbocycles. The minimum atomic E-state index is -5.08. The molecule has 0 spiro atoms. The van der Waals surface area contributed by atoms with Gasteiger partial charge in [-0.1, -0.05) is 48.5 Å². The third-order valence-corrected chi connectivity index (χ3v) is 6.14. The van der Waals surface area contributed by atoms with Gasteiger partial charge in [0, 0.05) is 24.2 Å². The SMILES string of the molecule is CC(C)(NC(=O)[C@@H](Cc1cnc[nH]1)NC(=O)OCC1c2ccccc2-c2ccccc21)C(=O)O.O=C(O)C(F)(F)F. The summed E-state index contributed by atoms with van der Waals surface area (Å²) in [5.74, 6) is -4.71. The number of hydrogen-bond donors (Lipinski definition) is 5. The van der Waals surface area contributed by atoms with E-state index in [1.165, 1.54) is 26.4 Å². The summed E-state index contributed by atoms with van der Waals surface area (Å²) >= 11 is 0. The fourth-order valence-corrected chi connectivity index (χ4v) is 4.06. The second kappa shape index (κ2) is 12.5. The zero-order chi connectivity index (χ0) is 30.4. The van der Waals surface area contributed by atoms with Crippen molar-refractivity contribution in [2.75, 3.05) is 6.61 Å². The Labute approximate surface area is 231 Å². The molecule has 1 aliphatic rings. The molecular formula is C27H27F3N4O7. The van der Waals surface area contributed by atoms with Crippen molar-refractivity contribution in [1.82, 2.24) is 20.6 Å². The van der Waals surface area contributed by atoms with Crippen molar-refractivity contribution in [2.45, 2.75) is 43.9 Å². The van der Waals surface area contributed by atoms with Gasteiger partial charge >= 0.3 is 24.2 Å². The Morgan fingerprint density at radius 2 is 1.51 bits per heavy atom. The number of carbonyl (C=O) groups is 4. The number of aliphatic carboxylic acids is 2. The molecule has 218 valence electrons. The first-order valence-electron chi connectivity index (χ1n) is 12.1. The zero-order valence-corrected chi connectivity index (χ0v) is 21.9. The molecule has 0 fully saturated rings. The zero-order valence-electron chi connectivity index (χ0n) is 21.9. The van der Waals surface area contributed by atoms with E-state index >= 15 is 0 Å². The molecule has 5 N–H and O–H groups in total. The average Bonchev–Trinajstić information content (AvgIpc) is 3.52. The van der Waals surface area contributed by atoms with Gasteiger partial charge in [-0.05, 0) is 36.1 Å². The van der Waals surface area contributed by atoms with Gasteiger partial charge in [-0.2, -0.15) is 13.2 Å². The van der Waals surface area contributed by atoms with Gasteiger partial charge in [-0.15, -0.1) is 0 Å². The topological polar surface area (TPSA) is 171 Å². The molecule has 14 heteroatoms. The number of carboxylic acids is 2. The van der Waals surface area contributed by atoms with Crippen LogP contribution in [-0.2, 0) is 25.5 Å². The number of halogens is 3. The lowest BCUT2D eigenvalue weighted by Gasteiger charge is -2.25. The first-order valence-corrected chi connectivity index (χ1v) is 12.1. The Bertz CT molecular complexity index is 1360. The number of carboxylic acid groups (broad SMARTS) is 2. The van der Waals surface area contributed by atoms with Gasteiger partial charge in [-0.25, -0.2) is 19.4 Å². The van der Waals surface area contributed by atoms with Crippen LogP contribution in [-0.4, -0.2) is 68.5 Å². The molecule has 2 amide bonds. The van der Waals surface area contributed by atoms with Crippen molar-refractivity contribution in [3.8, 4) is 11.1 Å². The van der Waals surface area contributed by atoms with E-state index in [2.05, 4.69) is 20.6 Å². The van der Waals surface area contributed by atoms with Gasteiger partial charge in [-0.3, -0.25) is 4.79 Å². The molecule has 2 aromatic carbocycles. The summed E-state index contributed by atoms with van der Waals surface area (Å²) < 4.78 is 37.3. The predicted molar refractivity (Wildman–Crippen MR) is 138 cm³/mol. The summed E-state index contributed by atoms with van der Waals surface area (Å²) in [5.41, 5.74) is 3.47. The highest BCUT2D eigenvalue weighted by Gasteiger charge is 2.38. The highest BCUT2D eigenvalue weighted by atomic mass is 19.4. The summed E-state index contributed by atoms with van der Waals surface area (Å²) in [6, 6.07) is 14.9. The van der Waals surface area contributed by atoms with Crippen LogP contribution < -0.4 is 10.6 Å². The number of ether oxygens (including phenoxy) is 1. The highest BCUT2D eigenvalue weighted by Crippen LogP contribution is 2.44. The van der Waals surface area contributed by atoms with E-state index < -0.39 is 41.7 Å². The van der Waals surface area contributed by atoms with E-state index in [1.807, 2.05) is 48.5 Å². The molecule has 41 heavy (non-hydrogen) atoms. The van der Waals surface area contributed by atoms with Crippen molar-refractivity contribution in [3.63, 3.8) is 0 Å². The smallest absolute Gasteiger partial charge is 0.480 e. The van der Waals surface area contributed by atoms with Crippen molar-refractivity contribution in [3.05, 3.63) is 77.9 Å². The number of imidazole rings is 1. The number of H-pyrrole nitrogens is 1. The number of aromatic amines is 1. The number of fused-ring (bicyclic) bond motifs is 3. The maximum absolute atomic E-state index is 12.8. The van der Waals surface area contributed by atoms with Gasteiger partial charge in [0.05, 0.1) is 6.33 Å². The van der Waals surface area contributed by atoms with E-state index in [1.54, 1.807) is 0 Å². The summed E-state index contributed by atoms with van der Waals surface area (Å²) in [7, 11) is 0. The summed E-state index contributed by atoms with van der Waals surface area (Å²) in [5, 5.41) is 21.5. The first-order chi connectivity index (χ1) is 19.2. The van der Waals surface area contributed by atoms with Crippen LogP contribution in [0.1, 0.15) is 36.6 Å². The molecule has 1 atom stereocenters. The molecule has 0 radical (unpaired) electrons. The predicted octanol–water partition coefficient (Wildman–Crippen LogP) is 3.47. The Morgan fingerprint density at radius 1 is 0.976 bits per heavy atom. The number of carbonyl (C=O) groups excluding carboxylic acids is 2. The molecule has 0 saturated heterocycles. The maximum atomic E-state index is 12.8. The molecule has 4 rings (SSSR count). The lowest BCUT2D eigenvalue weighted by molar-refractivity contribution is -0.192. The third-order valence-electron chi connectivity index (χ3n) is 6.14. The molecular weight excluding hydrogens is 549 g/mol. The molecule has 0 aliphatic heterocycles. The van der Waals surface area contributed by atoms with Crippen molar-refractivity contribution in [1.29, 1.82) is 0 Å². The van der Waals surface area contributed by atoms with Crippen molar-refractivity contribution < 1.29 is 47.3 Å². The lowest BCUT2D eigenvalue weighted by atomic mass is 9.98. The fraction of sp³-hybridized carbons (Fsp3) is 0.296. The second-order valence-electron chi connectivity index (χ2n) is 9.53. The van der Waals surface area contributed by atoms with E-state index in [4.69, 9.17) is 14.6 Å². The number of hydrogen-bond acceptors (Lipinski definition) is 6. The Hall–Kier alpha value is -4.88. The van der Waals surface area contributed by atoms with Gasteiger partial charge in [0.25, 0.3) is 0 Å². The minimum absolute atomic E-state index is 0.0890. The monoisotopic (exact) mass is 576 g/mol. The fourth-order valence-electron chi connectivity index (χ4n) is 4.06. The molecule has 3 aromatic rings. The van der Waals surface area contributed by atoms with Crippen LogP contribution in [0.15, 0.2) is 61.1 Å². The number of benzene rings is 2. The molecule has 0 saturated carbocycles. The van der Waals surface area contributed by atoms with Gasteiger partial charge in [0.1, 0.15) is 18.2 Å². The third kappa shape index (κ3) is 7.84. The van der Waals surface area contributed by atoms with Crippen molar-refractivity contribution in [2.24, 2.45) is 0 Å². The van der Waals surface area contributed by atoms with E-state index in [0.29, 0.717) is 5.69 Å². The molecule has 11 nitrogen and oxygen atoms in total. The van der Waals surface area contributed by atoms with Crippen LogP contribution in [0.3, 0.4) is 0 Å². The van der Waals surface area contributed by atoms with E-state index in [9.17, 15) is 32.7 Å².